The summed E-state index contributed by atoms with van der Waals surface area (Å²) in [5, 5.41) is 2.60. The van der Waals surface area contributed by atoms with E-state index in [1.54, 1.807) is 0 Å². The lowest BCUT2D eigenvalue weighted by Crippen LogP contribution is -2.05. The fourth-order valence-electron chi connectivity index (χ4n) is 0.295. The molecule has 1 aliphatic heterocycles. The first-order valence-electron chi connectivity index (χ1n) is 3.32. The Morgan fingerprint density at radius 3 is 2.40 bits per heavy atom. The molecule has 1 fully saturated rings. The van der Waals surface area contributed by atoms with Gasteiger partial charge in [-0.15, -0.1) is 0 Å². The monoisotopic (exact) mass is 140 g/mol. The SMILES string of the molecule is [B]1CCON1.[B]OC(C)C. The molecule has 1 saturated heterocycles. The normalized spacial score (nSPS) is 15.9. The average Bonchev–Trinajstić information content (AvgIpc) is 2.43. The van der Waals surface area contributed by atoms with Crippen LogP contribution in [0.3, 0.4) is 0 Å². The molecule has 10 heavy (non-hydrogen) atoms. The molecule has 0 unspecified atom stereocenters. The van der Waals surface area contributed by atoms with Gasteiger partial charge in [-0.3, -0.25) is 5.39 Å². The van der Waals surface area contributed by atoms with Crippen LogP contribution in [0.2, 0.25) is 6.32 Å². The van der Waals surface area contributed by atoms with Crippen LogP contribution in [-0.4, -0.2) is 28.2 Å². The Morgan fingerprint density at radius 2 is 2.30 bits per heavy atom. The summed E-state index contributed by atoms with van der Waals surface area (Å²) in [6.07, 6.45) is 1.20. The maximum absolute atomic E-state index is 4.67. The maximum Gasteiger partial charge on any atom is 0.282 e. The van der Waals surface area contributed by atoms with E-state index in [-0.39, 0.29) is 6.10 Å². The topological polar surface area (TPSA) is 30.5 Å². The van der Waals surface area contributed by atoms with Crippen LogP contribution in [0.25, 0.3) is 0 Å². The van der Waals surface area contributed by atoms with Crippen LogP contribution in [0.5, 0.6) is 0 Å². The number of hydrogen-bond donors (Lipinski definition) is 1. The largest absolute Gasteiger partial charge is 0.446 e. The molecule has 0 bridgehead atoms. The van der Waals surface area contributed by atoms with Crippen LogP contribution in [0, 0.1) is 0 Å². The van der Waals surface area contributed by atoms with E-state index in [9.17, 15) is 0 Å². The molecule has 0 atom stereocenters. The molecule has 3 radical (unpaired) electrons. The van der Waals surface area contributed by atoms with Crippen molar-refractivity contribution in [1.29, 1.82) is 0 Å². The van der Waals surface area contributed by atoms with Gasteiger partial charge in [-0.1, -0.05) is 0 Å². The summed E-state index contributed by atoms with van der Waals surface area (Å²) < 4.78 is 4.25. The van der Waals surface area contributed by atoms with Crippen molar-refractivity contribution in [3.8, 4) is 0 Å². The fraction of sp³-hybridized carbons (Fsp3) is 1.00. The van der Waals surface area contributed by atoms with E-state index in [2.05, 4.69) is 22.9 Å². The second kappa shape index (κ2) is 7.12. The van der Waals surface area contributed by atoms with Crippen LogP contribution in [0.4, 0.5) is 0 Å². The zero-order chi connectivity index (χ0) is 7.82. The minimum absolute atomic E-state index is 0.162. The van der Waals surface area contributed by atoms with Gasteiger partial charge in [0, 0.05) is 6.10 Å². The Balaban J connectivity index is 0.000000162. The second-order valence-electron chi connectivity index (χ2n) is 2.14. The second-order valence-corrected chi connectivity index (χ2v) is 2.14. The molecule has 3 nitrogen and oxygen atoms in total. The van der Waals surface area contributed by atoms with Crippen LogP contribution in [0.15, 0.2) is 0 Å². The molecule has 0 aromatic rings. The van der Waals surface area contributed by atoms with Crippen molar-refractivity contribution in [2.75, 3.05) is 6.61 Å². The third kappa shape index (κ3) is 8.01. The van der Waals surface area contributed by atoms with E-state index in [4.69, 9.17) is 0 Å². The Kier molecular flexibility index (Phi) is 7.13. The van der Waals surface area contributed by atoms with E-state index < -0.39 is 0 Å². The van der Waals surface area contributed by atoms with Crippen molar-refractivity contribution in [3.63, 3.8) is 0 Å². The predicted octanol–water partition coefficient (Wildman–Crippen LogP) is 0.0536. The molecule has 0 saturated carbocycles. The minimum Gasteiger partial charge on any atom is -0.446 e. The number of nitrogens with one attached hydrogen (secondary N) is 1. The molecule has 1 N–H and O–H groups in total. The molecule has 0 amide bonds. The highest BCUT2D eigenvalue weighted by atomic mass is 16.6. The summed E-state index contributed by atoms with van der Waals surface area (Å²) in [5.41, 5.74) is 0. The average molecular weight is 140 g/mol. The Labute approximate surface area is 64.1 Å². The first-order valence-corrected chi connectivity index (χ1v) is 3.32. The summed E-state index contributed by atoms with van der Waals surface area (Å²) in [4.78, 5) is 4.64. The predicted molar refractivity (Wildman–Crippen MR) is 41.6 cm³/mol. The smallest absolute Gasteiger partial charge is 0.282 e. The summed E-state index contributed by atoms with van der Waals surface area (Å²) >= 11 is 0. The van der Waals surface area contributed by atoms with E-state index in [1.807, 2.05) is 21.3 Å². The van der Waals surface area contributed by atoms with Gasteiger partial charge in [0.25, 0.3) is 8.05 Å². The molecule has 5 heteroatoms. The van der Waals surface area contributed by atoms with Crippen LogP contribution in [-0.2, 0) is 9.49 Å². The van der Waals surface area contributed by atoms with Crippen molar-refractivity contribution in [3.05, 3.63) is 0 Å². The molecule has 0 spiro atoms. The molecule has 0 aliphatic carbocycles. The van der Waals surface area contributed by atoms with E-state index in [1.165, 1.54) is 0 Å². The molecular formula is C5H12B2NO2. The molecule has 0 aromatic carbocycles. The van der Waals surface area contributed by atoms with Crippen molar-refractivity contribution in [2.24, 2.45) is 0 Å². The highest BCUT2D eigenvalue weighted by molar-refractivity contribution is 6.32. The van der Waals surface area contributed by atoms with Gasteiger partial charge < -0.3 is 9.49 Å². The summed E-state index contributed by atoms with van der Waals surface area (Å²) in [5.74, 6) is 0. The Bertz CT molecular complexity index is 61.1. The zero-order valence-electron chi connectivity index (χ0n) is 6.46. The van der Waals surface area contributed by atoms with Crippen molar-refractivity contribution >= 4 is 15.5 Å². The first-order chi connectivity index (χ1) is 4.77. The highest BCUT2D eigenvalue weighted by Crippen LogP contribution is 1.82. The van der Waals surface area contributed by atoms with Gasteiger partial charge in [0.05, 0.1) is 6.61 Å². The number of rotatable bonds is 1. The molecular weight excluding hydrogens is 128 g/mol. The van der Waals surface area contributed by atoms with Crippen molar-refractivity contribution in [1.82, 2.24) is 5.39 Å². The fourth-order valence-corrected chi connectivity index (χ4v) is 0.295. The standard InChI is InChI=1S/C3H7BO.C2H5BNO/c1-3(2)5-4;1-2-5-4-3-1/h3H,1-2H3;4H,1-2H2. The Morgan fingerprint density at radius 1 is 1.70 bits per heavy atom. The third-order valence-electron chi connectivity index (χ3n) is 0.803. The van der Waals surface area contributed by atoms with Gasteiger partial charge in [-0.2, -0.15) is 0 Å². The van der Waals surface area contributed by atoms with Crippen LogP contribution < -0.4 is 5.39 Å². The van der Waals surface area contributed by atoms with Crippen molar-refractivity contribution in [2.45, 2.75) is 26.3 Å². The van der Waals surface area contributed by atoms with Gasteiger partial charge in [0.15, 0.2) is 0 Å². The third-order valence-corrected chi connectivity index (χ3v) is 0.803. The molecule has 0 aromatic heterocycles. The summed E-state index contributed by atoms with van der Waals surface area (Å²) in [6, 6.07) is 0. The molecule has 1 heterocycles. The quantitative estimate of drug-likeness (QED) is 0.522. The van der Waals surface area contributed by atoms with Crippen molar-refractivity contribution < 1.29 is 9.49 Å². The summed E-state index contributed by atoms with van der Waals surface area (Å²) in [6.45, 7) is 4.58. The first kappa shape index (κ1) is 10.0. The molecule has 1 rings (SSSR count). The number of hydrogen-bond acceptors (Lipinski definition) is 3. The zero-order valence-corrected chi connectivity index (χ0v) is 6.46. The van der Waals surface area contributed by atoms with Gasteiger partial charge in [-0.05, 0) is 20.2 Å². The van der Waals surface area contributed by atoms with Crippen LogP contribution in [0.1, 0.15) is 13.8 Å². The molecule has 55 valence electrons. The van der Waals surface area contributed by atoms with Gasteiger partial charge >= 0.3 is 0 Å². The van der Waals surface area contributed by atoms with Gasteiger partial charge in [0.2, 0.25) is 7.41 Å². The highest BCUT2D eigenvalue weighted by Gasteiger charge is 1.96. The summed E-state index contributed by atoms with van der Waals surface area (Å²) in [7, 11) is 6.56. The lowest BCUT2D eigenvalue weighted by Gasteiger charge is -1.95. The van der Waals surface area contributed by atoms with Crippen LogP contribution >= 0.6 is 0 Å². The van der Waals surface area contributed by atoms with E-state index in [0.29, 0.717) is 0 Å². The minimum atomic E-state index is 0.162. The van der Waals surface area contributed by atoms with E-state index in [0.717, 1.165) is 12.9 Å². The van der Waals surface area contributed by atoms with Gasteiger partial charge in [-0.25, -0.2) is 0 Å². The van der Waals surface area contributed by atoms with Gasteiger partial charge in [0.1, 0.15) is 0 Å². The maximum atomic E-state index is 4.67. The molecule has 1 aliphatic rings. The van der Waals surface area contributed by atoms with E-state index >= 15 is 0 Å². The lowest BCUT2D eigenvalue weighted by molar-refractivity contribution is 0.128. The lowest BCUT2D eigenvalue weighted by atomic mass is 9.94. The Hall–Kier alpha value is 0.00987.